The minimum absolute atomic E-state index is 0.128. The topological polar surface area (TPSA) is 88.3 Å². The third kappa shape index (κ3) is 4.55. The number of H-pyrrole nitrogens is 1. The minimum Gasteiger partial charge on any atom is -0.477 e. The molecule has 1 saturated heterocycles. The predicted octanol–water partition coefficient (Wildman–Crippen LogP) is 2.03. The second-order valence-corrected chi connectivity index (χ2v) is 6.74. The van der Waals surface area contributed by atoms with Crippen molar-refractivity contribution in [3.63, 3.8) is 0 Å². The summed E-state index contributed by atoms with van der Waals surface area (Å²) in [4.78, 5) is 12.9. The van der Waals surface area contributed by atoms with Gasteiger partial charge < -0.3 is 20.1 Å². The van der Waals surface area contributed by atoms with E-state index in [0.29, 0.717) is 36.8 Å². The summed E-state index contributed by atoms with van der Waals surface area (Å²) in [6, 6.07) is 8.95. The smallest absolute Gasteiger partial charge is 0.264 e. The van der Waals surface area contributed by atoms with Gasteiger partial charge in [-0.1, -0.05) is 11.6 Å². The van der Waals surface area contributed by atoms with E-state index in [1.807, 2.05) is 6.07 Å². The van der Waals surface area contributed by atoms with Crippen molar-refractivity contribution in [3.8, 4) is 5.75 Å². The number of aromatic nitrogens is 2. The molecule has 2 heterocycles. The molecule has 1 aliphatic rings. The van der Waals surface area contributed by atoms with Crippen molar-refractivity contribution in [1.82, 2.24) is 20.8 Å². The number of hydrogen-bond acceptors (Lipinski definition) is 5. The van der Waals surface area contributed by atoms with E-state index in [2.05, 4.69) is 20.8 Å². The number of benzene rings is 1. The van der Waals surface area contributed by atoms with Crippen molar-refractivity contribution in [2.75, 3.05) is 20.2 Å². The van der Waals surface area contributed by atoms with Crippen LogP contribution < -0.4 is 15.4 Å². The number of methoxy groups -OCH3 is 1. The van der Waals surface area contributed by atoms with E-state index in [1.165, 1.54) is 0 Å². The van der Waals surface area contributed by atoms with Gasteiger partial charge in [0.05, 0.1) is 24.5 Å². The van der Waals surface area contributed by atoms with Crippen molar-refractivity contribution < 1.29 is 14.3 Å². The number of nitrogens with zero attached hydrogens (tertiary/aromatic N) is 1. The quantitative estimate of drug-likeness (QED) is 0.686. The molecular formula is C18H23ClN4O3. The Morgan fingerprint density at radius 1 is 1.31 bits per heavy atom. The Kier molecular flexibility index (Phi) is 6.13. The van der Waals surface area contributed by atoms with Gasteiger partial charge in [0, 0.05) is 25.0 Å². The number of rotatable bonds is 7. The molecule has 3 N–H and O–H groups in total. The van der Waals surface area contributed by atoms with Crippen LogP contribution in [0.5, 0.6) is 5.75 Å². The zero-order valence-electron chi connectivity index (χ0n) is 14.7. The van der Waals surface area contributed by atoms with Crippen molar-refractivity contribution in [3.05, 3.63) is 46.7 Å². The molecule has 8 heteroatoms. The van der Waals surface area contributed by atoms with Gasteiger partial charge in [-0.2, -0.15) is 5.10 Å². The second-order valence-electron chi connectivity index (χ2n) is 6.30. The van der Waals surface area contributed by atoms with Crippen LogP contribution in [-0.2, 0) is 22.7 Å². The number of nitrogens with one attached hydrogen (secondary N) is 3. The van der Waals surface area contributed by atoms with Gasteiger partial charge in [0.2, 0.25) is 0 Å². The van der Waals surface area contributed by atoms with Gasteiger partial charge in [0.15, 0.2) is 5.60 Å². The van der Waals surface area contributed by atoms with Crippen LogP contribution in [0.4, 0.5) is 0 Å². The first-order valence-corrected chi connectivity index (χ1v) is 8.95. The van der Waals surface area contributed by atoms with Crippen LogP contribution >= 0.6 is 11.6 Å². The molecule has 1 aliphatic heterocycles. The molecule has 3 rings (SSSR count). The molecule has 1 aromatic carbocycles. The van der Waals surface area contributed by atoms with Crippen LogP contribution in [0.15, 0.2) is 30.3 Å². The lowest BCUT2D eigenvalue weighted by molar-refractivity contribution is -0.139. The molecule has 0 atom stereocenters. The van der Waals surface area contributed by atoms with Crippen LogP contribution in [0, 0.1) is 0 Å². The summed E-state index contributed by atoms with van der Waals surface area (Å²) >= 11 is 5.93. The maximum absolute atomic E-state index is 12.9. The fraction of sp³-hybridized carbons (Fsp3) is 0.444. The highest BCUT2D eigenvalue weighted by atomic mass is 35.5. The molecule has 0 unspecified atom stereocenters. The lowest BCUT2D eigenvalue weighted by Gasteiger charge is -2.36. The molecule has 7 nitrogen and oxygen atoms in total. The number of amides is 1. The monoisotopic (exact) mass is 378 g/mol. The summed E-state index contributed by atoms with van der Waals surface area (Å²) < 4.78 is 11.2. The Morgan fingerprint density at radius 2 is 2.04 bits per heavy atom. The van der Waals surface area contributed by atoms with E-state index >= 15 is 0 Å². The van der Waals surface area contributed by atoms with Crippen LogP contribution in [0.1, 0.15) is 24.2 Å². The number of piperidine rings is 1. The molecule has 26 heavy (non-hydrogen) atoms. The Morgan fingerprint density at radius 3 is 2.73 bits per heavy atom. The molecule has 2 aromatic rings. The summed E-state index contributed by atoms with van der Waals surface area (Å²) in [5, 5.41) is 13.9. The van der Waals surface area contributed by atoms with Crippen molar-refractivity contribution >= 4 is 17.5 Å². The number of hydrogen-bond donors (Lipinski definition) is 3. The second kappa shape index (κ2) is 8.53. The third-order valence-corrected chi connectivity index (χ3v) is 4.62. The molecule has 0 bridgehead atoms. The Balaban J connectivity index is 1.67. The fourth-order valence-electron chi connectivity index (χ4n) is 2.99. The standard InChI is InChI=1S/C18H23ClN4O3/c1-25-12-15-10-14(22-23-15)11-21-17(24)18(6-8-20-9-7-18)26-16-4-2-13(19)3-5-16/h2-5,10,20H,6-9,11-12H2,1H3,(H,21,24)(H,22,23). The highest BCUT2D eigenvalue weighted by Gasteiger charge is 2.42. The molecule has 0 aliphatic carbocycles. The van der Waals surface area contributed by atoms with Gasteiger partial charge in [-0.05, 0) is 43.4 Å². The van der Waals surface area contributed by atoms with E-state index < -0.39 is 5.60 Å². The Bertz CT molecular complexity index is 726. The number of carbonyl (C=O) groups excluding carboxylic acids is 1. The summed E-state index contributed by atoms with van der Waals surface area (Å²) in [6.07, 6.45) is 1.19. The first kappa shape index (κ1) is 18.7. The van der Waals surface area contributed by atoms with E-state index in [0.717, 1.165) is 24.5 Å². The summed E-state index contributed by atoms with van der Waals surface area (Å²) in [6.45, 7) is 2.24. The minimum atomic E-state index is -0.894. The van der Waals surface area contributed by atoms with Crippen molar-refractivity contribution in [2.24, 2.45) is 0 Å². The summed E-state index contributed by atoms with van der Waals surface area (Å²) in [5.41, 5.74) is 0.723. The molecule has 1 aromatic heterocycles. The van der Waals surface area contributed by atoms with E-state index in [4.69, 9.17) is 21.1 Å². The average Bonchev–Trinajstić information content (AvgIpc) is 3.10. The zero-order chi connectivity index (χ0) is 18.4. The van der Waals surface area contributed by atoms with Crippen molar-refractivity contribution in [1.29, 1.82) is 0 Å². The molecule has 140 valence electrons. The predicted molar refractivity (Wildman–Crippen MR) is 98.1 cm³/mol. The zero-order valence-corrected chi connectivity index (χ0v) is 15.4. The van der Waals surface area contributed by atoms with Crippen LogP contribution in [0.2, 0.25) is 5.02 Å². The first-order chi connectivity index (χ1) is 12.6. The fourth-order valence-corrected chi connectivity index (χ4v) is 3.12. The number of aromatic amines is 1. The molecule has 0 saturated carbocycles. The maximum Gasteiger partial charge on any atom is 0.264 e. The van der Waals surface area contributed by atoms with Crippen LogP contribution in [0.3, 0.4) is 0 Å². The molecule has 0 radical (unpaired) electrons. The third-order valence-electron chi connectivity index (χ3n) is 4.37. The SMILES string of the molecule is COCc1cc(CNC(=O)C2(Oc3ccc(Cl)cc3)CCNCC2)[nH]n1. The number of carbonyl (C=O) groups is 1. The average molecular weight is 379 g/mol. The highest BCUT2D eigenvalue weighted by Crippen LogP contribution is 2.28. The summed E-state index contributed by atoms with van der Waals surface area (Å²) in [5.74, 6) is 0.507. The van der Waals surface area contributed by atoms with Crippen LogP contribution in [-0.4, -0.2) is 41.9 Å². The van der Waals surface area contributed by atoms with Crippen molar-refractivity contribution in [2.45, 2.75) is 31.6 Å². The van der Waals surface area contributed by atoms with E-state index in [-0.39, 0.29) is 5.91 Å². The maximum atomic E-state index is 12.9. The van der Waals surface area contributed by atoms with Crippen LogP contribution in [0.25, 0.3) is 0 Å². The Labute approximate surface area is 157 Å². The molecule has 1 fully saturated rings. The highest BCUT2D eigenvalue weighted by molar-refractivity contribution is 6.30. The molecule has 1 amide bonds. The molecule has 0 spiro atoms. The number of halogens is 1. The van der Waals surface area contributed by atoms with Gasteiger partial charge in [0.1, 0.15) is 5.75 Å². The van der Waals surface area contributed by atoms with Gasteiger partial charge >= 0.3 is 0 Å². The summed E-state index contributed by atoms with van der Waals surface area (Å²) in [7, 11) is 1.62. The van der Waals surface area contributed by atoms with Gasteiger partial charge in [-0.25, -0.2) is 0 Å². The first-order valence-electron chi connectivity index (χ1n) is 8.57. The van der Waals surface area contributed by atoms with E-state index in [1.54, 1.807) is 31.4 Å². The normalized spacial score (nSPS) is 16.2. The largest absolute Gasteiger partial charge is 0.477 e. The van der Waals surface area contributed by atoms with Gasteiger partial charge in [-0.3, -0.25) is 9.89 Å². The Hall–Kier alpha value is -2.09. The van der Waals surface area contributed by atoms with E-state index in [9.17, 15) is 4.79 Å². The lowest BCUT2D eigenvalue weighted by Crippen LogP contribution is -2.56. The lowest BCUT2D eigenvalue weighted by atomic mass is 9.91. The van der Waals surface area contributed by atoms with Gasteiger partial charge in [0.25, 0.3) is 5.91 Å². The molecular weight excluding hydrogens is 356 g/mol. The van der Waals surface area contributed by atoms with Gasteiger partial charge in [-0.15, -0.1) is 0 Å². The number of ether oxygens (including phenoxy) is 2.